The molecule has 2 aromatic carbocycles. The van der Waals surface area contributed by atoms with Gasteiger partial charge in [-0.2, -0.15) is 14.6 Å². The van der Waals surface area contributed by atoms with Crippen molar-refractivity contribution in [1.82, 2.24) is 43.9 Å². The summed E-state index contributed by atoms with van der Waals surface area (Å²) in [6.45, 7) is 2.85. The number of aromatic nitrogens is 9. The van der Waals surface area contributed by atoms with Gasteiger partial charge in [-0.3, -0.25) is 9.48 Å². The highest BCUT2D eigenvalue weighted by Gasteiger charge is 2.19. The molecule has 0 amide bonds. The number of hydrogen-bond acceptors (Lipinski definition) is 8. The number of aryl methyl sites for hydroxylation is 1. The quantitative estimate of drug-likeness (QED) is 0.412. The summed E-state index contributed by atoms with van der Waals surface area (Å²) in [5.41, 5.74) is 2.95. The molecular formula is C25H18N10O. The molecule has 11 heteroatoms. The minimum Gasteiger partial charge on any atom is -0.324 e. The van der Waals surface area contributed by atoms with Gasteiger partial charge >= 0.3 is 0 Å². The molecule has 0 radical (unpaired) electrons. The van der Waals surface area contributed by atoms with Gasteiger partial charge in [0.25, 0.3) is 5.56 Å². The maximum atomic E-state index is 13.6. The monoisotopic (exact) mass is 474 g/mol. The van der Waals surface area contributed by atoms with Crippen molar-refractivity contribution in [3.63, 3.8) is 0 Å². The van der Waals surface area contributed by atoms with Crippen LogP contribution in [0, 0.1) is 0 Å². The average Bonchev–Trinajstić information content (AvgIpc) is 3.48. The van der Waals surface area contributed by atoms with E-state index in [0.717, 1.165) is 34.0 Å². The van der Waals surface area contributed by atoms with Gasteiger partial charge in [-0.05, 0) is 43.3 Å². The van der Waals surface area contributed by atoms with Crippen LogP contribution in [0.25, 0.3) is 44.4 Å². The van der Waals surface area contributed by atoms with Crippen molar-refractivity contribution < 1.29 is 0 Å². The van der Waals surface area contributed by atoms with Crippen LogP contribution in [0.2, 0.25) is 0 Å². The summed E-state index contributed by atoms with van der Waals surface area (Å²) in [4.78, 5) is 36.0. The first-order valence-corrected chi connectivity index (χ1v) is 11.4. The van der Waals surface area contributed by atoms with Gasteiger partial charge in [0.05, 0.1) is 11.0 Å². The van der Waals surface area contributed by atoms with Crippen LogP contribution in [0.5, 0.6) is 0 Å². The van der Waals surface area contributed by atoms with Gasteiger partial charge in [0.2, 0.25) is 11.9 Å². The topological polar surface area (TPSA) is 121 Å². The predicted octanol–water partition coefficient (Wildman–Crippen LogP) is 3.48. The molecule has 0 saturated carbocycles. The molecule has 0 bridgehead atoms. The van der Waals surface area contributed by atoms with Crippen molar-refractivity contribution in [3.8, 4) is 5.95 Å². The highest BCUT2D eigenvalue weighted by molar-refractivity contribution is 5.95. The van der Waals surface area contributed by atoms with E-state index < -0.39 is 0 Å². The molecule has 0 fully saturated rings. The Bertz CT molecular complexity index is 1990. The molecule has 11 nitrogen and oxygen atoms in total. The lowest BCUT2D eigenvalue weighted by Crippen LogP contribution is -2.22. The molecule has 174 valence electrons. The van der Waals surface area contributed by atoms with Gasteiger partial charge in [-0.1, -0.05) is 12.1 Å². The van der Waals surface area contributed by atoms with Crippen LogP contribution in [-0.4, -0.2) is 43.9 Å². The smallest absolute Gasteiger partial charge is 0.284 e. The van der Waals surface area contributed by atoms with E-state index in [2.05, 4.69) is 30.4 Å². The number of hydrogen-bond donors (Lipinski definition) is 1. The first-order valence-electron chi connectivity index (χ1n) is 11.4. The van der Waals surface area contributed by atoms with Crippen molar-refractivity contribution in [3.05, 3.63) is 83.7 Å². The van der Waals surface area contributed by atoms with Gasteiger partial charge in [0, 0.05) is 47.8 Å². The molecule has 0 aliphatic heterocycles. The maximum Gasteiger partial charge on any atom is 0.284 e. The lowest BCUT2D eigenvalue weighted by atomic mass is 10.2. The van der Waals surface area contributed by atoms with E-state index in [-0.39, 0.29) is 10.9 Å². The highest BCUT2D eigenvalue weighted by atomic mass is 16.1. The molecule has 0 unspecified atom stereocenters. The largest absolute Gasteiger partial charge is 0.324 e. The number of rotatable bonds is 4. The van der Waals surface area contributed by atoms with Crippen LogP contribution >= 0.6 is 0 Å². The van der Waals surface area contributed by atoms with E-state index in [1.54, 1.807) is 23.1 Å². The van der Waals surface area contributed by atoms with Gasteiger partial charge in [-0.25, -0.2) is 24.6 Å². The van der Waals surface area contributed by atoms with Crippen molar-refractivity contribution in [1.29, 1.82) is 0 Å². The van der Waals surface area contributed by atoms with E-state index in [0.29, 0.717) is 23.2 Å². The summed E-state index contributed by atoms with van der Waals surface area (Å²) in [5.74, 6) is 0.712. The number of anilines is 2. The van der Waals surface area contributed by atoms with E-state index in [1.807, 2.05) is 60.3 Å². The molecule has 0 aliphatic carbocycles. The van der Waals surface area contributed by atoms with Crippen LogP contribution in [0.3, 0.4) is 0 Å². The van der Waals surface area contributed by atoms with Crippen LogP contribution in [0.15, 0.2) is 78.1 Å². The molecule has 0 aliphatic rings. The average molecular weight is 474 g/mol. The second kappa shape index (κ2) is 7.67. The molecular weight excluding hydrogens is 456 g/mol. The summed E-state index contributed by atoms with van der Waals surface area (Å²) in [6.07, 6.45) is 6.75. The molecule has 0 atom stereocenters. The number of benzene rings is 2. The zero-order valence-electron chi connectivity index (χ0n) is 19.1. The molecule has 0 spiro atoms. The normalized spacial score (nSPS) is 11.7. The molecule has 5 aromatic heterocycles. The minimum atomic E-state index is -0.307. The van der Waals surface area contributed by atoms with Crippen molar-refractivity contribution >= 4 is 50.1 Å². The molecule has 5 heterocycles. The fourth-order valence-electron chi connectivity index (χ4n) is 4.39. The van der Waals surface area contributed by atoms with E-state index in [1.165, 1.54) is 10.7 Å². The van der Waals surface area contributed by atoms with Gasteiger partial charge in [-0.15, -0.1) is 0 Å². The van der Waals surface area contributed by atoms with Crippen LogP contribution in [0.1, 0.15) is 6.92 Å². The summed E-state index contributed by atoms with van der Waals surface area (Å²) < 4.78 is 5.02. The Morgan fingerprint density at radius 1 is 0.944 bits per heavy atom. The first-order chi connectivity index (χ1) is 17.7. The van der Waals surface area contributed by atoms with E-state index in [9.17, 15) is 4.79 Å². The third kappa shape index (κ3) is 3.03. The molecule has 7 aromatic rings. The fraction of sp³-hybridized carbons (Fsp3) is 0.0800. The zero-order valence-corrected chi connectivity index (χ0v) is 19.1. The van der Waals surface area contributed by atoms with Crippen LogP contribution in [0.4, 0.5) is 11.6 Å². The maximum absolute atomic E-state index is 13.6. The van der Waals surface area contributed by atoms with E-state index in [4.69, 9.17) is 4.98 Å². The zero-order chi connectivity index (χ0) is 24.2. The summed E-state index contributed by atoms with van der Waals surface area (Å²) in [6, 6.07) is 15.2. The molecule has 0 saturated heterocycles. The van der Waals surface area contributed by atoms with Crippen molar-refractivity contribution in [2.24, 2.45) is 0 Å². The Kier molecular flexibility index (Phi) is 4.30. The number of fused-ring (bicyclic) bond motifs is 5. The Labute approximate surface area is 202 Å². The minimum absolute atomic E-state index is 0.290. The Morgan fingerprint density at radius 3 is 2.67 bits per heavy atom. The van der Waals surface area contributed by atoms with Gasteiger partial charge in [0.1, 0.15) is 5.39 Å². The summed E-state index contributed by atoms with van der Waals surface area (Å²) in [7, 11) is 0. The fourth-order valence-corrected chi connectivity index (χ4v) is 4.39. The number of nitrogens with one attached hydrogen (secondary N) is 1. The second-order valence-electron chi connectivity index (χ2n) is 8.24. The third-order valence-electron chi connectivity index (χ3n) is 6.05. The Morgan fingerprint density at radius 2 is 1.81 bits per heavy atom. The Balaban J connectivity index is 1.40. The van der Waals surface area contributed by atoms with Gasteiger partial charge < -0.3 is 5.32 Å². The van der Waals surface area contributed by atoms with Crippen molar-refractivity contribution in [2.75, 3.05) is 5.32 Å². The highest BCUT2D eigenvalue weighted by Crippen LogP contribution is 2.24. The molecule has 7 rings (SSSR count). The lowest BCUT2D eigenvalue weighted by Gasteiger charge is -2.07. The second-order valence-corrected chi connectivity index (χ2v) is 8.24. The van der Waals surface area contributed by atoms with Crippen LogP contribution in [-0.2, 0) is 6.54 Å². The molecule has 36 heavy (non-hydrogen) atoms. The number of para-hydroxylation sites is 1. The molecule has 1 N–H and O–H groups in total. The summed E-state index contributed by atoms with van der Waals surface area (Å²) in [5, 5.41) is 9.81. The standard InChI is InChI=1S/C25H18N10O/c1-2-33-14-15-12-16(8-9-19(15)32-33)29-24-28-13-18-21(31-24)30-22-17-6-3-4-7-20(17)34(35(22)23(18)36)25-26-10-5-11-27-25/h3-14H,2H2,1H3,(H,28,29,31). The predicted molar refractivity (Wildman–Crippen MR) is 136 cm³/mol. The summed E-state index contributed by atoms with van der Waals surface area (Å²) >= 11 is 0. The Hall–Kier alpha value is -5.19. The number of nitrogens with zero attached hydrogens (tertiary/aromatic N) is 9. The van der Waals surface area contributed by atoms with Gasteiger partial charge in [0.15, 0.2) is 11.3 Å². The van der Waals surface area contributed by atoms with Crippen LogP contribution < -0.4 is 10.9 Å². The van der Waals surface area contributed by atoms with E-state index >= 15 is 0 Å². The van der Waals surface area contributed by atoms with Crippen molar-refractivity contribution in [2.45, 2.75) is 13.5 Å². The third-order valence-corrected chi connectivity index (χ3v) is 6.05. The lowest BCUT2D eigenvalue weighted by molar-refractivity contribution is 0.668. The SMILES string of the molecule is CCn1cc2cc(Nc3ncc4c(=O)n5c(nc4n3)c3ccccc3n5-c3ncccn3)ccc2n1. The first kappa shape index (κ1) is 20.2.